The van der Waals surface area contributed by atoms with Crippen molar-refractivity contribution in [3.63, 3.8) is 0 Å². The smallest absolute Gasteiger partial charge is 0.394 e. The highest BCUT2D eigenvalue weighted by Gasteiger charge is 2.42. The predicted molar refractivity (Wildman–Crippen MR) is 194 cm³/mol. The molecule has 0 unspecified atom stereocenters. The van der Waals surface area contributed by atoms with E-state index >= 15 is 0 Å². The lowest BCUT2D eigenvalue weighted by atomic mass is 10.0. The lowest BCUT2D eigenvalue weighted by Gasteiger charge is -2.17. The van der Waals surface area contributed by atoms with Gasteiger partial charge in [0.1, 0.15) is 6.10 Å². The summed E-state index contributed by atoms with van der Waals surface area (Å²) in [4.78, 5) is 42.6. The number of unbranched alkanes of at least 4 members (excludes halogenated alkanes) is 24. The summed E-state index contributed by atoms with van der Waals surface area (Å²) in [5.41, 5.74) is 0. The molecule has 0 amide bonds. The summed E-state index contributed by atoms with van der Waals surface area (Å²) >= 11 is 0. The Kier molecular flexibility index (Phi) is 36.5. The standard InChI is InChI=1S/C32H64O9P2.C3H8O3/c1-3-5-7-9-11-13-15-17-19-21-23-25-27-29-31(33)39-43(38,41-42(35,36)37)40-32(34)30-28-26-24-22-20-18-16-14-12-10-8-6-4-2;4-1-3(6)2-5/h3-30H2,1-2H3,(H2,35,36,37);3-6H,1-2H2. The maximum Gasteiger partial charge on any atom is 0.601 e. The van der Waals surface area contributed by atoms with Crippen molar-refractivity contribution in [1.82, 2.24) is 0 Å². The first-order valence-corrected chi connectivity index (χ1v) is 22.1. The second-order valence-corrected chi connectivity index (χ2v) is 15.8. The Labute approximate surface area is 297 Å². The summed E-state index contributed by atoms with van der Waals surface area (Å²) in [7, 11) is -10.4. The molecule has 0 spiro atoms. The average molecular weight is 747 g/mol. The van der Waals surface area contributed by atoms with Gasteiger partial charge in [0.05, 0.1) is 13.2 Å². The second kappa shape index (κ2) is 35.6. The molecule has 294 valence electrons. The molecule has 12 nitrogen and oxygen atoms in total. The Morgan fingerprint density at radius 1 is 0.490 bits per heavy atom. The topological polar surface area (TPSA) is 197 Å². The summed E-state index contributed by atoms with van der Waals surface area (Å²) in [6.07, 6.45) is 28.3. The van der Waals surface area contributed by atoms with Crippen LogP contribution in [0.3, 0.4) is 0 Å². The van der Waals surface area contributed by atoms with Crippen molar-refractivity contribution in [2.24, 2.45) is 0 Å². The van der Waals surface area contributed by atoms with E-state index in [0.717, 1.165) is 51.4 Å². The van der Waals surface area contributed by atoms with Gasteiger partial charge in [-0.3, -0.25) is 9.59 Å². The van der Waals surface area contributed by atoms with Crippen LogP contribution in [0.2, 0.25) is 0 Å². The van der Waals surface area contributed by atoms with Gasteiger partial charge in [0.15, 0.2) is 0 Å². The van der Waals surface area contributed by atoms with E-state index in [0.29, 0.717) is 12.8 Å². The van der Waals surface area contributed by atoms with E-state index in [1.54, 1.807) is 0 Å². The zero-order chi connectivity index (χ0) is 37.1. The van der Waals surface area contributed by atoms with E-state index in [2.05, 4.69) is 27.2 Å². The molecular weight excluding hydrogens is 674 g/mol. The molecule has 0 radical (unpaired) electrons. The van der Waals surface area contributed by atoms with Gasteiger partial charge in [-0.05, 0) is 12.8 Å². The lowest BCUT2D eigenvalue weighted by Crippen LogP contribution is -2.15. The fraction of sp³-hybridized carbons (Fsp3) is 0.943. The summed E-state index contributed by atoms with van der Waals surface area (Å²) in [6, 6.07) is 0. The minimum absolute atomic E-state index is 0.108. The van der Waals surface area contributed by atoms with Crippen LogP contribution in [-0.2, 0) is 32.1 Å². The number of phosphoric acid groups is 2. The fourth-order valence-electron chi connectivity index (χ4n) is 5.15. The first-order chi connectivity index (χ1) is 23.4. The number of hydrogen-bond acceptors (Lipinski definition) is 10. The van der Waals surface area contributed by atoms with Crippen LogP contribution in [0.1, 0.15) is 194 Å². The highest BCUT2D eigenvalue weighted by molar-refractivity contribution is 7.61. The molecule has 0 saturated carbocycles. The normalized spacial score (nSPS) is 11.8. The van der Waals surface area contributed by atoms with Crippen LogP contribution in [0.4, 0.5) is 0 Å². The molecule has 0 aliphatic rings. The van der Waals surface area contributed by atoms with Gasteiger partial charge in [-0.15, -0.1) is 0 Å². The van der Waals surface area contributed by atoms with Crippen LogP contribution in [-0.4, -0.2) is 56.4 Å². The Morgan fingerprint density at radius 3 is 0.939 bits per heavy atom. The maximum absolute atomic E-state index is 12.7. The van der Waals surface area contributed by atoms with Crippen LogP contribution >= 0.6 is 15.6 Å². The van der Waals surface area contributed by atoms with Crippen LogP contribution in [0.5, 0.6) is 0 Å². The van der Waals surface area contributed by atoms with Crippen molar-refractivity contribution in [2.45, 2.75) is 200 Å². The third-order valence-electron chi connectivity index (χ3n) is 8.02. The maximum atomic E-state index is 12.7. The molecule has 0 aliphatic heterocycles. The molecule has 49 heavy (non-hydrogen) atoms. The Morgan fingerprint density at radius 2 is 0.735 bits per heavy atom. The highest BCUT2D eigenvalue weighted by Crippen LogP contribution is 2.61. The largest absolute Gasteiger partial charge is 0.601 e. The molecule has 0 rings (SSSR count). The van der Waals surface area contributed by atoms with Crippen molar-refractivity contribution >= 4 is 27.6 Å². The number of carbonyl (C=O) groups excluding carboxylic acids is 2. The fourth-order valence-corrected chi connectivity index (χ4v) is 7.18. The molecule has 0 saturated heterocycles. The molecular formula is C35H72O12P2. The van der Waals surface area contributed by atoms with Crippen molar-refractivity contribution in [3.05, 3.63) is 0 Å². The van der Waals surface area contributed by atoms with Gasteiger partial charge in [0, 0.05) is 12.8 Å². The summed E-state index contributed by atoms with van der Waals surface area (Å²) < 4.78 is 37.5. The third-order valence-corrected chi connectivity index (χ3v) is 10.5. The molecule has 0 heterocycles. The number of rotatable bonds is 34. The highest BCUT2D eigenvalue weighted by atomic mass is 31.3. The number of hydrogen-bond donors (Lipinski definition) is 5. The molecule has 0 aromatic rings. The molecule has 0 aliphatic carbocycles. The van der Waals surface area contributed by atoms with Gasteiger partial charge < -0.3 is 34.2 Å². The van der Waals surface area contributed by atoms with Crippen molar-refractivity contribution in [1.29, 1.82) is 0 Å². The zero-order valence-electron chi connectivity index (χ0n) is 30.8. The van der Waals surface area contributed by atoms with Crippen LogP contribution in [0.15, 0.2) is 0 Å². The van der Waals surface area contributed by atoms with Gasteiger partial charge in [-0.1, -0.05) is 168 Å². The van der Waals surface area contributed by atoms with Gasteiger partial charge in [0.2, 0.25) is 0 Å². The third kappa shape index (κ3) is 39.8. The van der Waals surface area contributed by atoms with Crippen molar-refractivity contribution in [3.8, 4) is 0 Å². The van der Waals surface area contributed by atoms with Gasteiger partial charge in [0.25, 0.3) is 0 Å². The second-order valence-electron chi connectivity index (χ2n) is 13.0. The summed E-state index contributed by atoms with van der Waals surface area (Å²) in [5, 5.41) is 24.0. The number of phosphoric ester groups is 1. The van der Waals surface area contributed by atoms with E-state index in [-0.39, 0.29) is 26.1 Å². The molecule has 14 heteroatoms. The quantitative estimate of drug-likeness (QED) is 0.0309. The van der Waals surface area contributed by atoms with Gasteiger partial charge >= 0.3 is 27.6 Å². The number of carbonyl (C=O) groups is 2. The van der Waals surface area contributed by atoms with Gasteiger partial charge in [-0.2, -0.15) is 4.31 Å². The van der Waals surface area contributed by atoms with Crippen molar-refractivity contribution < 1.29 is 57.2 Å². The average Bonchev–Trinajstić information content (AvgIpc) is 3.04. The SMILES string of the molecule is CCCCCCCCCCCCCCCC(=O)OP(=O)(OC(=O)CCCCCCCCCCCCCCC)OP(=O)(O)O.OCC(O)CO. The molecule has 0 fully saturated rings. The van der Waals surface area contributed by atoms with Crippen LogP contribution in [0.25, 0.3) is 0 Å². The molecule has 5 N–H and O–H groups in total. The van der Waals surface area contributed by atoms with E-state index < -0.39 is 33.7 Å². The Bertz CT molecular complexity index is 800. The molecule has 0 aromatic carbocycles. The van der Waals surface area contributed by atoms with E-state index in [1.807, 2.05) is 0 Å². The van der Waals surface area contributed by atoms with Crippen LogP contribution in [0, 0.1) is 0 Å². The Balaban J connectivity index is 0. The Hall–Kier alpha value is -0.840. The lowest BCUT2D eigenvalue weighted by molar-refractivity contribution is -0.140. The predicted octanol–water partition coefficient (Wildman–Crippen LogP) is 9.58. The van der Waals surface area contributed by atoms with Crippen molar-refractivity contribution in [2.75, 3.05) is 13.2 Å². The minimum atomic E-state index is -5.34. The first kappa shape index (κ1) is 50.3. The van der Waals surface area contributed by atoms with E-state index in [4.69, 9.17) is 25.1 Å². The number of aliphatic hydroxyl groups excluding tert-OH is 3. The van der Waals surface area contributed by atoms with Crippen LogP contribution < -0.4 is 0 Å². The monoisotopic (exact) mass is 746 g/mol. The van der Waals surface area contributed by atoms with E-state index in [1.165, 1.54) is 103 Å². The summed E-state index contributed by atoms with van der Waals surface area (Å²) in [6.45, 7) is 3.72. The zero-order valence-corrected chi connectivity index (χ0v) is 32.6. The minimum Gasteiger partial charge on any atom is -0.394 e. The number of aliphatic hydroxyl groups is 3. The molecule has 0 atom stereocenters. The first-order valence-electron chi connectivity index (χ1n) is 19.1. The van der Waals surface area contributed by atoms with Gasteiger partial charge in [-0.25, -0.2) is 9.13 Å². The van der Waals surface area contributed by atoms with E-state index in [9.17, 15) is 18.7 Å². The molecule has 0 bridgehead atoms. The summed E-state index contributed by atoms with van der Waals surface area (Å²) in [5.74, 6) is -1.96. The molecule has 0 aromatic heterocycles.